The molecule has 3 N–H and O–H groups in total. The van der Waals surface area contributed by atoms with Gasteiger partial charge in [0.25, 0.3) is 0 Å². The summed E-state index contributed by atoms with van der Waals surface area (Å²) >= 11 is 0. The molecule has 0 spiro atoms. The summed E-state index contributed by atoms with van der Waals surface area (Å²) in [4.78, 5) is 49.1. The molecule has 6 rings (SSSR count). The molecule has 0 bridgehead atoms. The van der Waals surface area contributed by atoms with Crippen LogP contribution in [0.15, 0.2) is 75.9 Å². The van der Waals surface area contributed by atoms with Crippen molar-refractivity contribution in [3.05, 3.63) is 93.8 Å². The van der Waals surface area contributed by atoms with Crippen molar-refractivity contribution >= 4 is 28.9 Å². The number of carbonyl (C=O) groups is 3. The van der Waals surface area contributed by atoms with Gasteiger partial charge in [0, 0.05) is 30.0 Å². The van der Waals surface area contributed by atoms with Crippen LogP contribution in [0, 0.1) is 0 Å². The van der Waals surface area contributed by atoms with Gasteiger partial charge < -0.3 is 34.4 Å². The number of alkyl carbamates (subject to hydrolysis) is 1. The second-order valence-corrected chi connectivity index (χ2v) is 10.3. The predicted octanol–water partition coefficient (Wildman–Crippen LogP) is 3.95. The van der Waals surface area contributed by atoms with E-state index in [0.717, 1.165) is 22.3 Å². The number of aliphatic carboxylic acids is 1. The molecule has 0 unspecified atom stereocenters. The number of hydrogen-bond acceptors (Lipinski definition) is 8. The highest BCUT2D eigenvalue weighted by Crippen LogP contribution is 2.44. The fourth-order valence-electron chi connectivity index (χ4n) is 5.57. The molecule has 1 aliphatic heterocycles. The largest absolute Gasteiger partial charge is 0.480 e. The van der Waals surface area contributed by atoms with Crippen molar-refractivity contribution in [2.24, 2.45) is 0 Å². The van der Waals surface area contributed by atoms with E-state index in [4.69, 9.17) is 18.6 Å². The van der Waals surface area contributed by atoms with Gasteiger partial charge in [-0.15, -0.1) is 0 Å². The molecule has 0 radical (unpaired) electrons. The molecule has 1 atom stereocenters. The van der Waals surface area contributed by atoms with Crippen LogP contribution in [-0.4, -0.2) is 49.1 Å². The molecular formula is C32H28N2O9. The minimum Gasteiger partial charge on any atom is -0.480 e. The Kier molecular flexibility index (Phi) is 7.69. The minimum atomic E-state index is -1.21. The molecular weight excluding hydrogens is 556 g/mol. The first kappa shape index (κ1) is 27.8. The third kappa shape index (κ3) is 5.87. The lowest BCUT2D eigenvalue weighted by atomic mass is 9.98. The third-order valence-corrected chi connectivity index (χ3v) is 7.60. The number of nitrogens with one attached hydrogen (secondary N) is 2. The maximum Gasteiger partial charge on any atom is 0.407 e. The van der Waals surface area contributed by atoms with E-state index < -0.39 is 23.7 Å². The van der Waals surface area contributed by atoms with E-state index in [1.807, 2.05) is 48.5 Å². The quantitative estimate of drug-likeness (QED) is 0.186. The fourth-order valence-corrected chi connectivity index (χ4v) is 5.57. The fraction of sp³-hybridized carbons (Fsp3) is 0.250. The Labute approximate surface area is 245 Å². The number of carboxylic acid groups (broad SMARTS) is 1. The van der Waals surface area contributed by atoms with Gasteiger partial charge in [0.2, 0.25) is 12.7 Å². The lowest BCUT2D eigenvalue weighted by Crippen LogP contribution is -2.42. The van der Waals surface area contributed by atoms with Crippen LogP contribution in [0.3, 0.4) is 0 Å². The number of rotatable bonds is 10. The Morgan fingerprint density at radius 1 is 0.953 bits per heavy atom. The van der Waals surface area contributed by atoms with E-state index in [0.29, 0.717) is 22.4 Å². The number of benzene rings is 3. The summed E-state index contributed by atoms with van der Waals surface area (Å²) in [6.45, 7) is 0.288. The van der Waals surface area contributed by atoms with Crippen LogP contribution >= 0.6 is 0 Å². The van der Waals surface area contributed by atoms with Crippen molar-refractivity contribution in [1.82, 2.24) is 10.6 Å². The Bertz CT molecular complexity index is 1740. The van der Waals surface area contributed by atoms with E-state index in [9.17, 15) is 24.3 Å². The standard InChI is InChI=1S/C32H28N2O9/c35-29(12-18-13-30(36)43-26-15-28-27(14-23(18)26)41-17-42-28)33-11-5-10-25(31(37)38)34-32(39)40-16-24-21-8-3-1-6-19(21)20-7-2-4-9-22(20)24/h1-4,6-9,13-15,24-25H,5,10-12,16-17H2,(H,33,35)(H,34,39)(H,37,38)/t25-/m0/s1. The SMILES string of the molecule is O=C(Cc1cc(=O)oc2cc3c(cc12)OCO3)NCCC[C@H](NC(=O)OCC1c2ccccc2-c2ccccc21)C(=O)O. The zero-order valence-electron chi connectivity index (χ0n) is 23.0. The molecule has 0 saturated carbocycles. The summed E-state index contributed by atoms with van der Waals surface area (Å²) < 4.78 is 21.4. The van der Waals surface area contributed by atoms with E-state index in [1.54, 1.807) is 12.1 Å². The van der Waals surface area contributed by atoms with Gasteiger partial charge in [-0.25, -0.2) is 14.4 Å². The van der Waals surface area contributed by atoms with E-state index in [2.05, 4.69) is 10.6 Å². The van der Waals surface area contributed by atoms with Crippen LogP contribution in [0.5, 0.6) is 11.5 Å². The van der Waals surface area contributed by atoms with Crippen LogP contribution < -0.4 is 25.7 Å². The van der Waals surface area contributed by atoms with Crippen LogP contribution in [0.1, 0.15) is 35.4 Å². The molecule has 220 valence electrons. The number of amides is 2. The highest BCUT2D eigenvalue weighted by Gasteiger charge is 2.30. The Morgan fingerprint density at radius 2 is 1.63 bits per heavy atom. The Hall–Kier alpha value is -5.32. The highest BCUT2D eigenvalue weighted by atomic mass is 16.7. The molecule has 2 heterocycles. The van der Waals surface area contributed by atoms with Crippen LogP contribution in [-0.2, 0) is 20.7 Å². The highest BCUT2D eigenvalue weighted by molar-refractivity contribution is 5.89. The Morgan fingerprint density at radius 3 is 2.33 bits per heavy atom. The summed E-state index contributed by atoms with van der Waals surface area (Å²) in [7, 11) is 0. The maximum absolute atomic E-state index is 12.6. The molecule has 1 aromatic heterocycles. The molecule has 2 aliphatic rings. The van der Waals surface area contributed by atoms with Crippen molar-refractivity contribution < 1.29 is 38.1 Å². The molecule has 3 aromatic carbocycles. The van der Waals surface area contributed by atoms with Gasteiger partial charge in [0.15, 0.2) is 11.5 Å². The van der Waals surface area contributed by atoms with Gasteiger partial charge in [-0.05, 0) is 46.7 Å². The summed E-state index contributed by atoms with van der Waals surface area (Å²) in [5.74, 6) is -0.767. The monoisotopic (exact) mass is 584 g/mol. The zero-order chi connectivity index (χ0) is 29.9. The third-order valence-electron chi connectivity index (χ3n) is 7.60. The number of ether oxygens (including phenoxy) is 3. The lowest BCUT2D eigenvalue weighted by Gasteiger charge is -2.17. The summed E-state index contributed by atoms with van der Waals surface area (Å²) in [5, 5.41) is 15.4. The number of carbonyl (C=O) groups excluding carboxylic acids is 2. The van der Waals surface area contributed by atoms with Crippen LogP contribution in [0.2, 0.25) is 0 Å². The van der Waals surface area contributed by atoms with Gasteiger partial charge in [0.1, 0.15) is 18.2 Å². The maximum atomic E-state index is 12.6. The predicted molar refractivity (Wildman–Crippen MR) is 154 cm³/mol. The van der Waals surface area contributed by atoms with Crippen LogP contribution in [0.4, 0.5) is 4.79 Å². The molecule has 0 saturated heterocycles. The zero-order valence-corrected chi connectivity index (χ0v) is 23.0. The molecule has 43 heavy (non-hydrogen) atoms. The van der Waals surface area contributed by atoms with Gasteiger partial charge in [-0.1, -0.05) is 48.5 Å². The average molecular weight is 585 g/mol. The molecule has 11 nitrogen and oxygen atoms in total. The number of hydrogen-bond donors (Lipinski definition) is 3. The van der Waals surface area contributed by atoms with Gasteiger partial charge in [-0.2, -0.15) is 0 Å². The van der Waals surface area contributed by atoms with Crippen LogP contribution in [0.25, 0.3) is 22.1 Å². The molecule has 4 aromatic rings. The first-order valence-electron chi connectivity index (χ1n) is 13.8. The van der Waals surface area contributed by atoms with Gasteiger partial charge in [0.05, 0.1) is 6.42 Å². The Balaban J connectivity index is 0.996. The second kappa shape index (κ2) is 11.9. The van der Waals surface area contributed by atoms with Crippen molar-refractivity contribution in [3.8, 4) is 22.6 Å². The first-order valence-corrected chi connectivity index (χ1v) is 13.8. The van der Waals surface area contributed by atoms with Gasteiger partial charge >= 0.3 is 17.7 Å². The molecule has 1 aliphatic carbocycles. The minimum absolute atomic E-state index is 0.0548. The molecule has 11 heteroatoms. The smallest absolute Gasteiger partial charge is 0.407 e. The second-order valence-electron chi connectivity index (χ2n) is 10.3. The first-order chi connectivity index (χ1) is 20.9. The van der Waals surface area contributed by atoms with E-state index >= 15 is 0 Å². The van der Waals surface area contributed by atoms with E-state index in [-0.39, 0.29) is 56.6 Å². The van der Waals surface area contributed by atoms with Crippen molar-refractivity contribution in [2.45, 2.75) is 31.2 Å². The van der Waals surface area contributed by atoms with E-state index in [1.165, 1.54) is 6.07 Å². The summed E-state index contributed by atoms with van der Waals surface area (Å²) in [6.07, 6.45) is -0.569. The van der Waals surface area contributed by atoms with Crippen molar-refractivity contribution in [2.75, 3.05) is 19.9 Å². The average Bonchev–Trinajstić information content (AvgIpc) is 3.58. The summed E-state index contributed by atoms with van der Waals surface area (Å²) in [5.41, 5.74) is 4.43. The topological polar surface area (TPSA) is 153 Å². The van der Waals surface area contributed by atoms with Crippen molar-refractivity contribution in [3.63, 3.8) is 0 Å². The lowest BCUT2D eigenvalue weighted by molar-refractivity contribution is -0.139. The summed E-state index contributed by atoms with van der Waals surface area (Å²) in [6, 6.07) is 19.1. The number of fused-ring (bicyclic) bond motifs is 5. The molecule has 0 fully saturated rings. The van der Waals surface area contributed by atoms with Crippen molar-refractivity contribution in [1.29, 1.82) is 0 Å². The van der Waals surface area contributed by atoms with Gasteiger partial charge in [-0.3, -0.25) is 4.79 Å². The normalized spacial score (nSPS) is 13.7. The number of carboxylic acids is 1. The molecule has 2 amide bonds.